The second-order valence-electron chi connectivity index (χ2n) is 10.5. The van der Waals surface area contributed by atoms with Crippen LogP contribution in [0.2, 0.25) is 0 Å². The molecular formula is C29H41FN4O2. The molecule has 7 heteroatoms. The van der Waals surface area contributed by atoms with Gasteiger partial charge in [-0.1, -0.05) is 89.6 Å². The molecule has 6 nitrogen and oxygen atoms in total. The summed E-state index contributed by atoms with van der Waals surface area (Å²) in [7, 11) is 0. The first-order chi connectivity index (χ1) is 17.4. The number of unbranched alkanes of at least 4 members (excludes halogenated alkanes) is 6. The molecule has 0 aliphatic rings. The van der Waals surface area contributed by atoms with Crippen LogP contribution in [-0.4, -0.2) is 33.4 Å². The predicted octanol–water partition coefficient (Wildman–Crippen LogP) is 7.24. The third-order valence-electron chi connectivity index (χ3n) is 6.12. The van der Waals surface area contributed by atoms with Gasteiger partial charge in [0.15, 0.2) is 17.4 Å². The van der Waals surface area contributed by atoms with Crippen molar-refractivity contribution in [1.82, 2.24) is 20.2 Å². The Morgan fingerprint density at radius 3 is 2.31 bits per heavy atom. The van der Waals surface area contributed by atoms with Crippen LogP contribution in [-0.2, 0) is 17.9 Å². The van der Waals surface area contributed by atoms with Crippen LogP contribution in [0, 0.1) is 11.2 Å². The zero-order chi connectivity index (χ0) is 25.6. The maximum absolute atomic E-state index is 14.6. The van der Waals surface area contributed by atoms with E-state index in [0.717, 1.165) is 18.6 Å². The summed E-state index contributed by atoms with van der Waals surface area (Å²) in [6.45, 7) is 9.03. The Morgan fingerprint density at radius 2 is 1.58 bits per heavy atom. The first kappa shape index (κ1) is 27.8. The maximum Gasteiger partial charge on any atom is 0.182 e. The van der Waals surface area contributed by atoms with E-state index in [4.69, 9.17) is 9.47 Å². The number of aromatic nitrogens is 4. The number of hydrogen-bond acceptors (Lipinski definition) is 5. The van der Waals surface area contributed by atoms with Crippen LogP contribution in [0.3, 0.4) is 0 Å². The van der Waals surface area contributed by atoms with Gasteiger partial charge in [-0.15, -0.1) is 5.10 Å². The third kappa shape index (κ3) is 10.1. The Hall–Kier alpha value is -2.80. The van der Waals surface area contributed by atoms with Gasteiger partial charge < -0.3 is 9.47 Å². The van der Waals surface area contributed by atoms with Gasteiger partial charge in [0.1, 0.15) is 6.61 Å². The fourth-order valence-corrected chi connectivity index (χ4v) is 4.05. The molecule has 1 heterocycles. The van der Waals surface area contributed by atoms with Crippen LogP contribution in [0.25, 0.3) is 11.4 Å². The molecule has 2 aromatic carbocycles. The first-order valence-electron chi connectivity index (χ1n) is 13.2. The van der Waals surface area contributed by atoms with Gasteiger partial charge in [-0.25, -0.2) is 9.07 Å². The molecule has 0 saturated carbocycles. The predicted molar refractivity (Wildman–Crippen MR) is 141 cm³/mol. The number of tetrazole rings is 1. The topological polar surface area (TPSA) is 62.1 Å². The van der Waals surface area contributed by atoms with Crippen molar-refractivity contribution in [3.63, 3.8) is 0 Å². The smallest absolute Gasteiger partial charge is 0.182 e. The molecule has 3 aromatic rings. The molecule has 0 bridgehead atoms. The van der Waals surface area contributed by atoms with Gasteiger partial charge in [-0.05, 0) is 52.4 Å². The molecule has 0 N–H and O–H groups in total. The Balaban J connectivity index is 1.32. The zero-order valence-electron chi connectivity index (χ0n) is 22.1. The molecule has 0 radical (unpaired) electrons. The Kier molecular flexibility index (Phi) is 11.3. The molecule has 0 fully saturated rings. The Bertz CT molecular complexity index is 1020. The molecule has 36 heavy (non-hydrogen) atoms. The van der Waals surface area contributed by atoms with Crippen molar-refractivity contribution in [2.75, 3.05) is 13.2 Å². The van der Waals surface area contributed by atoms with E-state index in [0.29, 0.717) is 36.6 Å². The number of nitrogens with zero attached hydrogens (tertiary/aromatic N) is 4. The van der Waals surface area contributed by atoms with Gasteiger partial charge in [0.25, 0.3) is 0 Å². The minimum atomic E-state index is -0.441. The summed E-state index contributed by atoms with van der Waals surface area (Å²) in [5, 5.41) is 11.9. The summed E-state index contributed by atoms with van der Waals surface area (Å²) in [4.78, 5) is 0. The normalized spacial score (nSPS) is 11.7. The summed E-state index contributed by atoms with van der Waals surface area (Å²) >= 11 is 0. The lowest BCUT2D eigenvalue weighted by Crippen LogP contribution is -2.10. The highest BCUT2D eigenvalue weighted by Crippen LogP contribution is 2.25. The van der Waals surface area contributed by atoms with E-state index >= 15 is 0 Å². The van der Waals surface area contributed by atoms with Crippen LogP contribution in [0.15, 0.2) is 48.5 Å². The fraction of sp³-hybridized carbons (Fsp3) is 0.552. The average molecular weight is 497 g/mol. The summed E-state index contributed by atoms with van der Waals surface area (Å²) in [6.07, 6.45) is 10.2. The van der Waals surface area contributed by atoms with Crippen LogP contribution >= 0.6 is 0 Å². The van der Waals surface area contributed by atoms with E-state index in [1.807, 2.05) is 30.3 Å². The molecular weight excluding hydrogens is 455 g/mol. The first-order valence-corrected chi connectivity index (χ1v) is 13.2. The lowest BCUT2D eigenvalue weighted by Gasteiger charge is -2.17. The molecule has 0 amide bonds. The molecule has 0 aliphatic heterocycles. The van der Waals surface area contributed by atoms with Gasteiger partial charge in [0.2, 0.25) is 0 Å². The van der Waals surface area contributed by atoms with E-state index in [2.05, 4.69) is 36.3 Å². The highest BCUT2D eigenvalue weighted by atomic mass is 19.1. The Morgan fingerprint density at radius 1 is 0.861 bits per heavy atom. The van der Waals surface area contributed by atoms with Gasteiger partial charge in [0.05, 0.1) is 13.2 Å². The van der Waals surface area contributed by atoms with Crippen molar-refractivity contribution in [2.24, 2.45) is 5.41 Å². The quantitative estimate of drug-likeness (QED) is 0.196. The number of halogens is 1. The van der Waals surface area contributed by atoms with Crippen LogP contribution in [0.5, 0.6) is 5.75 Å². The minimum absolute atomic E-state index is 0.204. The lowest BCUT2D eigenvalue weighted by molar-refractivity contribution is 0.119. The van der Waals surface area contributed by atoms with Crippen molar-refractivity contribution >= 4 is 0 Å². The van der Waals surface area contributed by atoms with Gasteiger partial charge in [-0.2, -0.15) is 0 Å². The molecule has 3 rings (SSSR count). The molecule has 0 unspecified atom stereocenters. The molecule has 0 saturated heterocycles. The standard InChI is InChI=1S/C29H41FN4O2/c1-29(2,3)18-12-7-5-4-6-8-13-20-35-21-19-34-28(31-32-33-34)25-16-17-27(26(30)22-25)36-23-24-14-10-9-11-15-24/h9-11,14-17,22H,4-8,12-13,18-21,23H2,1-3H3. The largest absolute Gasteiger partial charge is 0.486 e. The van der Waals surface area contributed by atoms with E-state index in [9.17, 15) is 4.39 Å². The second-order valence-corrected chi connectivity index (χ2v) is 10.5. The van der Waals surface area contributed by atoms with Crippen LogP contribution < -0.4 is 4.74 Å². The molecule has 1 aromatic heterocycles. The van der Waals surface area contributed by atoms with Crippen molar-refractivity contribution < 1.29 is 13.9 Å². The maximum atomic E-state index is 14.6. The molecule has 196 valence electrons. The lowest BCUT2D eigenvalue weighted by atomic mass is 9.89. The SMILES string of the molecule is CC(C)(C)CCCCCCCCCOCCn1nnnc1-c1ccc(OCc2ccccc2)c(F)c1. The van der Waals surface area contributed by atoms with Crippen molar-refractivity contribution in [3.8, 4) is 17.1 Å². The molecule has 0 spiro atoms. The third-order valence-corrected chi connectivity index (χ3v) is 6.12. The van der Waals surface area contributed by atoms with E-state index in [1.165, 1.54) is 51.0 Å². The highest BCUT2D eigenvalue weighted by Gasteiger charge is 2.13. The number of benzene rings is 2. The number of rotatable bonds is 16. The van der Waals surface area contributed by atoms with E-state index in [-0.39, 0.29) is 5.75 Å². The number of hydrogen-bond donors (Lipinski definition) is 0. The summed E-state index contributed by atoms with van der Waals surface area (Å²) in [6, 6.07) is 14.5. The van der Waals surface area contributed by atoms with E-state index in [1.54, 1.807) is 16.8 Å². The van der Waals surface area contributed by atoms with Crippen molar-refractivity contribution in [2.45, 2.75) is 85.3 Å². The van der Waals surface area contributed by atoms with Crippen LogP contribution in [0.1, 0.15) is 77.7 Å². The van der Waals surface area contributed by atoms with Crippen LogP contribution in [0.4, 0.5) is 4.39 Å². The van der Waals surface area contributed by atoms with Gasteiger partial charge in [-0.3, -0.25) is 0 Å². The Labute approximate surface area is 215 Å². The average Bonchev–Trinajstić information content (AvgIpc) is 3.32. The fourth-order valence-electron chi connectivity index (χ4n) is 4.05. The second kappa shape index (κ2) is 14.7. The minimum Gasteiger partial charge on any atom is -0.486 e. The van der Waals surface area contributed by atoms with Crippen molar-refractivity contribution in [3.05, 3.63) is 59.9 Å². The summed E-state index contributed by atoms with van der Waals surface area (Å²) in [5.41, 5.74) is 2.04. The molecule has 0 aliphatic carbocycles. The zero-order valence-corrected chi connectivity index (χ0v) is 22.1. The summed E-state index contributed by atoms with van der Waals surface area (Å²) in [5.74, 6) is 0.275. The number of ether oxygens (including phenoxy) is 2. The summed E-state index contributed by atoms with van der Waals surface area (Å²) < 4.78 is 27.7. The monoisotopic (exact) mass is 496 g/mol. The van der Waals surface area contributed by atoms with Gasteiger partial charge >= 0.3 is 0 Å². The van der Waals surface area contributed by atoms with Gasteiger partial charge in [0, 0.05) is 12.2 Å². The van der Waals surface area contributed by atoms with E-state index < -0.39 is 5.82 Å². The van der Waals surface area contributed by atoms with Crippen molar-refractivity contribution in [1.29, 1.82) is 0 Å². The molecule has 0 atom stereocenters. The highest BCUT2D eigenvalue weighted by molar-refractivity contribution is 5.56.